The highest BCUT2D eigenvalue weighted by Crippen LogP contribution is 2.42. The number of carbonyl (C=O) groups excluding carboxylic acids is 2. The maximum absolute atomic E-state index is 14.5. The maximum Gasteiger partial charge on any atom is 0.234 e. The fraction of sp³-hybridized carbons (Fsp3) is 0.529. The van der Waals surface area contributed by atoms with Crippen molar-refractivity contribution in [3.63, 3.8) is 0 Å². The Labute approximate surface area is 133 Å². The summed E-state index contributed by atoms with van der Waals surface area (Å²) < 4.78 is 20.6. The normalized spacial score (nSPS) is 25.9. The molecule has 0 radical (unpaired) electrons. The number of hydrogen-bond donors (Lipinski definition) is 2. The molecule has 3 heterocycles. The van der Waals surface area contributed by atoms with Gasteiger partial charge in [-0.2, -0.15) is 0 Å². The van der Waals surface area contributed by atoms with Crippen LogP contribution >= 0.6 is 0 Å². The SMILES string of the molecule is O=C1CCC(c2cc3c(cc2F)OC2(CCNCC2)C3)C(=O)N1. The Bertz CT molecular complexity index is 683. The molecule has 0 bridgehead atoms. The van der Waals surface area contributed by atoms with Gasteiger partial charge in [-0.05, 0) is 44.0 Å². The zero-order chi connectivity index (χ0) is 16.0. The van der Waals surface area contributed by atoms with Crippen molar-refractivity contribution in [2.24, 2.45) is 0 Å². The maximum atomic E-state index is 14.5. The lowest BCUT2D eigenvalue weighted by Gasteiger charge is -2.33. The number of ether oxygens (including phenoxy) is 1. The second kappa shape index (κ2) is 5.30. The van der Waals surface area contributed by atoms with Gasteiger partial charge in [0, 0.05) is 24.5 Å². The molecular weight excluding hydrogens is 299 g/mol. The van der Waals surface area contributed by atoms with Crippen molar-refractivity contribution < 1.29 is 18.7 Å². The van der Waals surface area contributed by atoms with Crippen LogP contribution in [0.5, 0.6) is 5.75 Å². The van der Waals surface area contributed by atoms with Crippen LogP contribution in [0.2, 0.25) is 0 Å². The van der Waals surface area contributed by atoms with E-state index >= 15 is 0 Å². The molecule has 2 saturated heterocycles. The summed E-state index contributed by atoms with van der Waals surface area (Å²) >= 11 is 0. The van der Waals surface area contributed by atoms with E-state index in [2.05, 4.69) is 10.6 Å². The van der Waals surface area contributed by atoms with Gasteiger partial charge in [0.1, 0.15) is 17.2 Å². The summed E-state index contributed by atoms with van der Waals surface area (Å²) in [5.74, 6) is -1.12. The van der Waals surface area contributed by atoms with Crippen LogP contribution < -0.4 is 15.4 Å². The molecule has 2 fully saturated rings. The molecule has 122 valence electrons. The van der Waals surface area contributed by atoms with Crippen molar-refractivity contribution in [2.45, 2.75) is 43.6 Å². The van der Waals surface area contributed by atoms with Crippen molar-refractivity contribution in [3.05, 3.63) is 29.1 Å². The molecule has 5 nitrogen and oxygen atoms in total. The van der Waals surface area contributed by atoms with E-state index in [4.69, 9.17) is 4.74 Å². The fourth-order valence-electron chi connectivity index (χ4n) is 3.89. The zero-order valence-electron chi connectivity index (χ0n) is 12.8. The third-order valence-electron chi connectivity index (χ3n) is 5.15. The fourth-order valence-corrected chi connectivity index (χ4v) is 3.89. The van der Waals surface area contributed by atoms with E-state index in [0.717, 1.165) is 37.9 Å². The number of carbonyl (C=O) groups is 2. The molecule has 2 N–H and O–H groups in total. The number of nitrogens with one attached hydrogen (secondary N) is 2. The van der Waals surface area contributed by atoms with Crippen LogP contribution in [0.25, 0.3) is 0 Å². The van der Waals surface area contributed by atoms with Crippen molar-refractivity contribution >= 4 is 11.8 Å². The van der Waals surface area contributed by atoms with Crippen LogP contribution in [-0.4, -0.2) is 30.5 Å². The number of rotatable bonds is 1. The lowest BCUT2D eigenvalue weighted by molar-refractivity contribution is -0.134. The van der Waals surface area contributed by atoms with Gasteiger partial charge in [-0.15, -0.1) is 0 Å². The molecule has 6 heteroatoms. The van der Waals surface area contributed by atoms with Crippen LogP contribution in [0.4, 0.5) is 4.39 Å². The first-order valence-electron chi connectivity index (χ1n) is 8.12. The Morgan fingerprint density at radius 1 is 1.22 bits per heavy atom. The Morgan fingerprint density at radius 3 is 2.74 bits per heavy atom. The lowest BCUT2D eigenvalue weighted by Crippen LogP contribution is -2.45. The van der Waals surface area contributed by atoms with E-state index in [0.29, 0.717) is 17.7 Å². The second-order valence-electron chi connectivity index (χ2n) is 6.70. The van der Waals surface area contributed by atoms with Gasteiger partial charge in [0.2, 0.25) is 11.8 Å². The molecule has 1 unspecified atom stereocenters. The van der Waals surface area contributed by atoms with Crippen molar-refractivity contribution in [1.82, 2.24) is 10.6 Å². The summed E-state index contributed by atoms with van der Waals surface area (Å²) in [6, 6.07) is 3.17. The summed E-state index contributed by atoms with van der Waals surface area (Å²) in [5.41, 5.74) is 1.11. The quantitative estimate of drug-likeness (QED) is 0.768. The first kappa shape index (κ1) is 14.6. The molecule has 1 spiro atoms. The highest BCUT2D eigenvalue weighted by molar-refractivity contribution is 6.01. The van der Waals surface area contributed by atoms with E-state index in [-0.39, 0.29) is 17.9 Å². The smallest absolute Gasteiger partial charge is 0.234 e. The molecule has 4 rings (SSSR count). The van der Waals surface area contributed by atoms with Gasteiger partial charge in [-0.3, -0.25) is 14.9 Å². The largest absolute Gasteiger partial charge is 0.486 e. The van der Waals surface area contributed by atoms with Crippen molar-refractivity contribution in [2.75, 3.05) is 13.1 Å². The van der Waals surface area contributed by atoms with Gasteiger partial charge < -0.3 is 10.1 Å². The Hall–Kier alpha value is -1.95. The van der Waals surface area contributed by atoms with Gasteiger partial charge in [-0.25, -0.2) is 4.39 Å². The molecule has 3 aliphatic heterocycles. The number of fused-ring (bicyclic) bond motifs is 1. The summed E-state index contributed by atoms with van der Waals surface area (Å²) in [5, 5.41) is 5.60. The predicted molar refractivity (Wildman–Crippen MR) is 80.7 cm³/mol. The lowest BCUT2D eigenvalue weighted by atomic mass is 9.85. The van der Waals surface area contributed by atoms with Gasteiger partial charge in [0.25, 0.3) is 0 Å². The molecular formula is C17H19FN2O3. The van der Waals surface area contributed by atoms with Gasteiger partial charge in [0.05, 0.1) is 5.92 Å². The van der Waals surface area contributed by atoms with Crippen LogP contribution in [0.15, 0.2) is 12.1 Å². The monoisotopic (exact) mass is 318 g/mol. The highest BCUT2D eigenvalue weighted by atomic mass is 19.1. The topological polar surface area (TPSA) is 67.4 Å². The molecule has 0 saturated carbocycles. The van der Waals surface area contributed by atoms with Crippen LogP contribution in [-0.2, 0) is 16.0 Å². The van der Waals surface area contributed by atoms with E-state index in [1.165, 1.54) is 6.07 Å². The molecule has 23 heavy (non-hydrogen) atoms. The molecule has 0 aromatic heterocycles. The average molecular weight is 318 g/mol. The van der Waals surface area contributed by atoms with Crippen LogP contribution in [0, 0.1) is 5.82 Å². The van der Waals surface area contributed by atoms with Gasteiger partial charge in [-0.1, -0.05) is 0 Å². The van der Waals surface area contributed by atoms with E-state index in [9.17, 15) is 14.0 Å². The first-order chi connectivity index (χ1) is 11.1. The standard InChI is InChI=1S/C17H19FN2O3/c18-13-8-14-10(9-17(23-14)3-5-19-6-4-17)7-12(13)11-1-2-15(21)20-16(11)22/h7-8,11,19H,1-6,9H2,(H,20,21,22). The Morgan fingerprint density at radius 2 is 2.00 bits per heavy atom. The minimum atomic E-state index is -0.595. The zero-order valence-corrected chi connectivity index (χ0v) is 12.8. The van der Waals surface area contributed by atoms with E-state index in [1.54, 1.807) is 6.07 Å². The third kappa shape index (κ3) is 2.51. The number of piperidine rings is 2. The van der Waals surface area contributed by atoms with Crippen molar-refractivity contribution in [1.29, 1.82) is 0 Å². The number of halogens is 1. The third-order valence-corrected chi connectivity index (χ3v) is 5.15. The Balaban J connectivity index is 1.64. The summed E-state index contributed by atoms with van der Waals surface area (Å²) in [6.07, 6.45) is 3.16. The van der Waals surface area contributed by atoms with Crippen LogP contribution in [0.3, 0.4) is 0 Å². The summed E-state index contributed by atoms with van der Waals surface area (Å²) in [4.78, 5) is 23.3. The minimum Gasteiger partial charge on any atom is -0.486 e. The van der Waals surface area contributed by atoms with Crippen molar-refractivity contribution in [3.8, 4) is 5.75 Å². The molecule has 1 aromatic carbocycles. The Kier molecular flexibility index (Phi) is 3.37. The summed E-state index contributed by atoms with van der Waals surface area (Å²) in [6.45, 7) is 1.80. The number of benzene rings is 1. The summed E-state index contributed by atoms with van der Waals surface area (Å²) in [7, 11) is 0. The van der Waals surface area contributed by atoms with E-state index < -0.39 is 17.6 Å². The van der Waals surface area contributed by atoms with Crippen LogP contribution in [0.1, 0.15) is 42.7 Å². The molecule has 3 aliphatic rings. The first-order valence-corrected chi connectivity index (χ1v) is 8.12. The van der Waals surface area contributed by atoms with Gasteiger partial charge in [0.15, 0.2) is 0 Å². The van der Waals surface area contributed by atoms with Gasteiger partial charge >= 0.3 is 0 Å². The highest BCUT2D eigenvalue weighted by Gasteiger charge is 2.41. The number of hydrogen-bond acceptors (Lipinski definition) is 4. The molecule has 1 atom stereocenters. The predicted octanol–water partition coefficient (Wildman–Crippen LogP) is 1.40. The van der Waals surface area contributed by atoms with E-state index in [1.807, 2.05) is 0 Å². The average Bonchev–Trinajstić information content (AvgIpc) is 2.84. The molecule has 1 aromatic rings. The molecule has 0 aliphatic carbocycles. The number of amides is 2. The second-order valence-corrected chi connectivity index (χ2v) is 6.70. The molecule has 2 amide bonds. The number of imide groups is 1. The minimum absolute atomic E-state index is 0.233.